The van der Waals surface area contributed by atoms with Crippen LogP contribution in [0, 0.1) is 22.7 Å². The Hall–Kier alpha value is -0.990. The van der Waals surface area contributed by atoms with Gasteiger partial charge in [-0.05, 0) is 31.1 Å². The molecule has 3 heteroatoms. The Kier molecular flexibility index (Phi) is 1.88. The minimum atomic E-state index is -0.871. The van der Waals surface area contributed by atoms with Crippen molar-refractivity contribution in [3.63, 3.8) is 0 Å². The minimum Gasteiger partial charge on any atom is -0.303 e. The molecule has 0 aliphatic heterocycles. The second-order valence-electron chi connectivity index (χ2n) is 4.86. The first-order valence-corrected chi connectivity index (χ1v) is 5.02. The van der Waals surface area contributed by atoms with Gasteiger partial charge in [0.05, 0.1) is 5.41 Å². The molecule has 76 valence electrons. The van der Waals surface area contributed by atoms with Gasteiger partial charge in [-0.25, -0.2) is 0 Å². The topological polar surface area (TPSA) is 51.2 Å². The maximum absolute atomic E-state index is 11.0. The average molecular weight is 194 g/mol. The van der Waals surface area contributed by atoms with Crippen molar-refractivity contribution in [2.24, 2.45) is 22.7 Å². The fourth-order valence-electron chi connectivity index (χ4n) is 3.23. The lowest BCUT2D eigenvalue weighted by atomic mass is 9.41. The van der Waals surface area contributed by atoms with Crippen LogP contribution in [-0.4, -0.2) is 18.9 Å². The fraction of sp³-hybridized carbons (Fsp3) is 0.727. The zero-order valence-electron chi connectivity index (χ0n) is 8.23. The second-order valence-corrected chi connectivity index (χ2v) is 4.86. The minimum absolute atomic E-state index is 0.0544. The molecule has 3 unspecified atom stereocenters. The molecule has 2 bridgehead atoms. The van der Waals surface area contributed by atoms with Crippen LogP contribution in [0.15, 0.2) is 0 Å². The van der Waals surface area contributed by atoms with Crippen molar-refractivity contribution in [2.75, 3.05) is 0 Å². The molecule has 3 aliphatic carbocycles. The van der Waals surface area contributed by atoms with E-state index < -0.39 is 10.8 Å². The predicted molar refractivity (Wildman–Crippen MR) is 49.6 cm³/mol. The summed E-state index contributed by atoms with van der Waals surface area (Å²) in [6.07, 6.45) is 4.74. The van der Waals surface area contributed by atoms with Crippen LogP contribution >= 0.6 is 0 Å². The first kappa shape index (κ1) is 9.56. The molecule has 3 nitrogen and oxygen atoms in total. The van der Waals surface area contributed by atoms with E-state index in [0.29, 0.717) is 12.3 Å². The summed E-state index contributed by atoms with van der Waals surface area (Å²) >= 11 is 0. The first-order valence-electron chi connectivity index (χ1n) is 5.02. The van der Waals surface area contributed by atoms with Gasteiger partial charge in [0.1, 0.15) is 18.9 Å². The Balaban J connectivity index is 2.36. The van der Waals surface area contributed by atoms with Crippen LogP contribution in [0.25, 0.3) is 0 Å². The normalized spacial score (nSPS) is 43.5. The van der Waals surface area contributed by atoms with E-state index in [2.05, 4.69) is 0 Å². The monoisotopic (exact) mass is 194 g/mol. The smallest absolute Gasteiger partial charge is 0.133 e. The van der Waals surface area contributed by atoms with Gasteiger partial charge in [-0.2, -0.15) is 0 Å². The highest BCUT2D eigenvalue weighted by molar-refractivity contribution is 5.86. The number of carbonyl (C=O) groups is 3. The molecule has 0 spiro atoms. The van der Waals surface area contributed by atoms with Crippen LogP contribution < -0.4 is 0 Å². The van der Waals surface area contributed by atoms with Crippen LogP contribution in [0.5, 0.6) is 0 Å². The van der Waals surface area contributed by atoms with Gasteiger partial charge in [-0.1, -0.05) is 6.92 Å². The van der Waals surface area contributed by atoms with Gasteiger partial charge < -0.3 is 14.4 Å². The van der Waals surface area contributed by atoms with E-state index in [1.807, 2.05) is 6.92 Å². The van der Waals surface area contributed by atoms with Crippen LogP contribution in [0.3, 0.4) is 0 Å². The molecule has 14 heavy (non-hydrogen) atoms. The summed E-state index contributed by atoms with van der Waals surface area (Å²) in [6.45, 7) is 1.87. The number of hydrogen-bond acceptors (Lipinski definition) is 3. The lowest BCUT2D eigenvalue weighted by molar-refractivity contribution is -0.172. The number of fused-ring (bicyclic) bond motifs is 2. The molecular weight excluding hydrogens is 180 g/mol. The highest BCUT2D eigenvalue weighted by Gasteiger charge is 2.63. The molecule has 0 aromatic carbocycles. The standard InChI is InChI=1S/C11H14O3/c1-10(5-12)8-2-3-11(6-13,7-14)9(10)4-8/h5-9H,2-4H2,1H3. The van der Waals surface area contributed by atoms with Crippen molar-refractivity contribution in [2.45, 2.75) is 26.2 Å². The molecule has 0 radical (unpaired) electrons. The summed E-state index contributed by atoms with van der Waals surface area (Å²) < 4.78 is 0. The van der Waals surface area contributed by atoms with Gasteiger partial charge in [0.2, 0.25) is 0 Å². The van der Waals surface area contributed by atoms with Crippen molar-refractivity contribution in [1.82, 2.24) is 0 Å². The quantitative estimate of drug-likeness (QED) is 0.497. The summed E-state index contributed by atoms with van der Waals surface area (Å²) in [6, 6.07) is 0. The average Bonchev–Trinajstić information content (AvgIpc) is 2.27. The molecule has 0 aromatic heterocycles. The lowest BCUT2D eigenvalue weighted by Gasteiger charge is -2.60. The van der Waals surface area contributed by atoms with Gasteiger partial charge >= 0.3 is 0 Å². The third kappa shape index (κ3) is 0.851. The molecule has 0 heterocycles. The number of rotatable bonds is 3. The Morgan fingerprint density at radius 2 is 1.79 bits per heavy atom. The number of hydrogen-bond donors (Lipinski definition) is 0. The lowest BCUT2D eigenvalue weighted by Crippen LogP contribution is -2.61. The predicted octanol–water partition coefficient (Wildman–Crippen LogP) is 1.01. The van der Waals surface area contributed by atoms with Gasteiger partial charge in [0, 0.05) is 5.41 Å². The van der Waals surface area contributed by atoms with Crippen molar-refractivity contribution in [1.29, 1.82) is 0 Å². The maximum Gasteiger partial charge on any atom is 0.133 e. The summed E-state index contributed by atoms with van der Waals surface area (Å²) in [5, 5.41) is 0. The fourth-order valence-corrected chi connectivity index (χ4v) is 3.23. The Morgan fingerprint density at radius 3 is 2.21 bits per heavy atom. The van der Waals surface area contributed by atoms with E-state index >= 15 is 0 Å². The molecule has 0 aromatic rings. The Bertz CT molecular complexity index is 287. The zero-order chi connectivity index (χ0) is 10.4. The van der Waals surface area contributed by atoms with Gasteiger partial charge in [-0.3, -0.25) is 0 Å². The highest BCUT2D eigenvalue weighted by atomic mass is 16.1. The maximum atomic E-state index is 11.0. The highest BCUT2D eigenvalue weighted by Crippen LogP contribution is 2.64. The van der Waals surface area contributed by atoms with Crippen molar-refractivity contribution >= 4 is 18.9 Å². The summed E-state index contributed by atoms with van der Waals surface area (Å²) in [5.74, 6) is 0.333. The van der Waals surface area contributed by atoms with E-state index in [9.17, 15) is 14.4 Å². The number of aldehydes is 3. The van der Waals surface area contributed by atoms with E-state index in [1.54, 1.807) is 0 Å². The molecule has 3 atom stereocenters. The second kappa shape index (κ2) is 2.75. The first-order chi connectivity index (χ1) is 6.63. The van der Waals surface area contributed by atoms with Crippen LogP contribution in [0.4, 0.5) is 0 Å². The molecule has 0 amide bonds. The molecule has 3 saturated carbocycles. The van der Waals surface area contributed by atoms with Gasteiger partial charge in [-0.15, -0.1) is 0 Å². The van der Waals surface area contributed by atoms with E-state index in [-0.39, 0.29) is 5.92 Å². The molecule has 3 rings (SSSR count). The SMILES string of the molecule is CC1(C=O)C2CCC(C=O)(C=O)C1C2. The van der Waals surface area contributed by atoms with Crippen molar-refractivity contribution in [3.8, 4) is 0 Å². The summed E-state index contributed by atoms with van der Waals surface area (Å²) in [7, 11) is 0. The third-order valence-electron chi connectivity index (χ3n) is 4.42. The van der Waals surface area contributed by atoms with E-state index in [1.165, 1.54) is 0 Å². The summed E-state index contributed by atoms with van der Waals surface area (Å²) in [5.41, 5.74) is -1.30. The van der Waals surface area contributed by atoms with Crippen LogP contribution in [-0.2, 0) is 14.4 Å². The van der Waals surface area contributed by atoms with Gasteiger partial charge in [0.25, 0.3) is 0 Å². The van der Waals surface area contributed by atoms with Gasteiger partial charge in [0.15, 0.2) is 0 Å². The van der Waals surface area contributed by atoms with E-state index in [4.69, 9.17) is 0 Å². The molecule has 3 fully saturated rings. The van der Waals surface area contributed by atoms with Crippen LogP contribution in [0.2, 0.25) is 0 Å². The molecule has 3 aliphatic rings. The zero-order valence-corrected chi connectivity index (χ0v) is 8.23. The third-order valence-corrected chi connectivity index (χ3v) is 4.42. The molecule has 0 N–H and O–H groups in total. The van der Waals surface area contributed by atoms with Crippen LogP contribution in [0.1, 0.15) is 26.2 Å². The molecule has 0 saturated heterocycles. The molecular formula is C11H14O3. The largest absolute Gasteiger partial charge is 0.303 e. The Labute approximate surface area is 82.9 Å². The van der Waals surface area contributed by atoms with Crippen molar-refractivity contribution < 1.29 is 14.4 Å². The van der Waals surface area contributed by atoms with E-state index in [0.717, 1.165) is 31.7 Å². The summed E-state index contributed by atoms with van der Waals surface area (Å²) in [4.78, 5) is 33.0. The van der Waals surface area contributed by atoms with Crippen molar-refractivity contribution in [3.05, 3.63) is 0 Å². The Morgan fingerprint density at radius 1 is 1.14 bits per heavy atom. The number of carbonyl (C=O) groups excluding carboxylic acids is 3.